The van der Waals surface area contributed by atoms with E-state index in [9.17, 15) is 43.2 Å². The predicted octanol–water partition coefficient (Wildman–Crippen LogP) is 25.6. The van der Waals surface area contributed by atoms with Gasteiger partial charge in [0, 0.05) is 25.7 Å². The molecule has 6 atom stereocenters. The molecule has 3 unspecified atom stereocenters. The maximum Gasteiger partial charge on any atom is 0.472 e. The molecule has 0 aromatic rings. The van der Waals surface area contributed by atoms with Gasteiger partial charge >= 0.3 is 39.5 Å². The summed E-state index contributed by atoms with van der Waals surface area (Å²) in [6.45, 7) is 7.38. The van der Waals surface area contributed by atoms with Crippen molar-refractivity contribution in [3.8, 4) is 0 Å². The number of rotatable bonds is 84. The average Bonchev–Trinajstić information content (AvgIpc) is 0.908. The normalized spacial score (nSPS) is 14.1. The smallest absolute Gasteiger partial charge is 0.462 e. The first-order valence-corrected chi connectivity index (χ1v) is 46.7. The van der Waals surface area contributed by atoms with Crippen LogP contribution in [0.5, 0.6) is 0 Å². The summed E-state index contributed by atoms with van der Waals surface area (Å²) in [5.41, 5.74) is 0. The van der Waals surface area contributed by atoms with E-state index in [1.54, 1.807) is 0 Å². The zero-order valence-electron chi connectivity index (χ0n) is 67.5. The molecule has 0 saturated carbocycles. The number of phosphoric ester groups is 2. The van der Waals surface area contributed by atoms with E-state index in [1.807, 2.05) is 0 Å². The van der Waals surface area contributed by atoms with Crippen molar-refractivity contribution in [3.05, 3.63) is 0 Å². The van der Waals surface area contributed by atoms with E-state index in [1.165, 1.54) is 276 Å². The number of unbranched alkanes of at least 4 members (excludes halogenated alkanes) is 55. The lowest BCUT2D eigenvalue weighted by atomic mass is 9.99. The Hall–Kier alpha value is -1.94. The number of hydrogen-bond donors (Lipinski definition) is 3. The first-order chi connectivity index (χ1) is 50.1. The molecule has 0 radical (unpaired) electrons. The van der Waals surface area contributed by atoms with Gasteiger partial charge in [-0.1, -0.05) is 401 Å². The fraction of sp³-hybridized carbons (Fsp3) is 0.952. The van der Waals surface area contributed by atoms with Gasteiger partial charge in [-0.25, -0.2) is 9.13 Å². The van der Waals surface area contributed by atoms with Crippen LogP contribution in [0.1, 0.15) is 452 Å². The molecule has 0 saturated heterocycles. The Morgan fingerprint density at radius 3 is 0.689 bits per heavy atom. The maximum atomic E-state index is 13.1. The molecule has 0 amide bonds. The molecular weight excluding hydrogens is 1340 g/mol. The van der Waals surface area contributed by atoms with Crippen LogP contribution in [-0.2, 0) is 65.4 Å². The van der Waals surface area contributed by atoms with Gasteiger partial charge in [0.1, 0.15) is 19.3 Å². The fourth-order valence-corrected chi connectivity index (χ4v) is 14.7. The van der Waals surface area contributed by atoms with Gasteiger partial charge in [0.15, 0.2) is 12.2 Å². The third-order valence-electron chi connectivity index (χ3n) is 20.1. The molecule has 17 nitrogen and oxygen atoms in total. The van der Waals surface area contributed by atoms with Gasteiger partial charge < -0.3 is 33.8 Å². The van der Waals surface area contributed by atoms with Crippen molar-refractivity contribution in [1.82, 2.24) is 0 Å². The molecule has 0 spiro atoms. The van der Waals surface area contributed by atoms with Gasteiger partial charge in [-0.2, -0.15) is 0 Å². The Morgan fingerprint density at radius 1 is 0.272 bits per heavy atom. The van der Waals surface area contributed by atoms with Crippen LogP contribution in [0.4, 0.5) is 0 Å². The van der Waals surface area contributed by atoms with Gasteiger partial charge in [-0.15, -0.1) is 0 Å². The highest BCUT2D eigenvalue weighted by molar-refractivity contribution is 7.47. The van der Waals surface area contributed by atoms with Crippen LogP contribution in [0.2, 0.25) is 0 Å². The molecule has 3 N–H and O–H groups in total. The minimum absolute atomic E-state index is 0.108. The van der Waals surface area contributed by atoms with Crippen LogP contribution in [0.25, 0.3) is 0 Å². The largest absolute Gasteiger partial charge is 0.472 e. The van der Waals surface area contributed by atoms with Crippen molar-refractivity contribution in [1.29, 1.82) is 0 Å². The van der Waals surface area contributed by atoms with E-state index in [4.69, 9.17) is 37.0 Å². The van der Waals surface area contributed by atoms with Crippen molar-refractivity contribution in [2.24, 2.45) is 5.92 Å². The predicted molar refractivity (Wildman–Crippen MR) is 423 cm³/mol. The summed E-state index contributed by atoms with van der Waals surface area (Å²) in [5, 5.41) is 10.6. The Kier molecular flexibility index (Phi) is 75.4. The first kappa shape index (κ1) is 101. The Morgan fingerprint density at radius 2 is 0.466 bits per heavy atom. The summed E-state index contributed by atoms with van der Waals surface area (Å²) in [6.07, 6.45) is 69.5. The van der Waals surface area contributed by atoms with E-state index in [-0.39, 0.29) is 25.7 Å². The average molecular weight is 1510 g/mol. The van der Waals surface area contributed by atoms with Crippen molar-refractivity contribution in [2.75, 3.05) is 39.6 Å². The molecule has 0 bridgehead atoms. The summed E-state index contributed by atoms with van der Waals surface area (Å²) >= 11 is 0. The molecule has 0 aromatic heterocycles. The second-order valence-corrected chi connectivity index (χ2v) is 33.4. The first-order valence-electron chi connectivity index (χ1n) is 43.7. The van der Waals surface area contributed by atoms with Crippen LogP contribution < -0.4 is 0 Å². The standard InChI is InChI=1S/C84H164O17P2/c1-6-10-13-16-19-22-24-26-28-29-30-31-32-33-34-36-42-46-50-55-60-65-70-84(89)101-80(74-95-82(87)68-63-58-53-48-44-40-38-37-39-43-47-51-56-61-66-77(5)9-4)76-99-103(92,93)97-72-78(85)71-96-102(90,91)98-75-79(73-94-81(86)67-62-57-52-21-18-15-12-8-3)100-83(88)69-64-59-54-49-45-41-35-27-25-23-20-17-14-11-7-2/h77-80,85H,6-76H2,1-5H3,(H,90,91)(H,92,93)/t77?,78-,79+,80+/m0/s1. The van der Waals surface area contributed by atoms with E-state index in [0.717, 1.165) is 95.8 Å². The monoisotopic (exact) mass is 1510 g/mol. The fourth-order valence-electron chi connectivity index (χ4n) is 13.1. The van der Waals surface area contributed by atoms with Crippen LogP contribution in [0, 0.1) is 5.92 Å². The van der Waals surface area contributed by atoms with Gasteiger partial charge in [-0.3, -0.25) is 37.3 Å². The van der Waals surface area contributed by atoms with Gasteiger partial charge in [0.2, 0.25) is 0 Å². The molecule has 0 heterocycles. The minimum Gasteiger partial charge on any atom is -0.462 e. The molecule has 0 aromatic carbocycles. The van der Waals surface area contributed by atoms with E-state index in [0.29, 0.717) is 25.7 Å². The molecule has 0 aliphatic heterocycles. The number of aliphatic hydroxyl groups is 1. The second kappa shape index (κ2) is 76.8. The molecule has 0 aliphatic carbocycles. The molecule has 0 fully saturated rings. The Bertz CT molecular complexity index is 1960. The lowest BCUT2D eigenvalue weighted by molar-refractivity contribution is -0.161. The lowest BCUT2D eigenvalue weighted by Gasteiger charge is -2.21. The topological polar surface area (TPSA) is 237 Å². The molecule has 19 heteroatoms. The number of carbonyl (C=O) groups is 4. The van der Waals surface area contributed by atoms with E-state index < -0.39 is 97.5 Å². The summed E-state index contributed by atoms with van der Waals surface area (Å²) in [7, 11) is -9.92. The van der Waals surface area contributed by atoms with Crippen LogP contribution in [0.15, 0.2) is 0 Å². The maximum absolute atomic E-state index is 13.1. The van der Waals surface area contributed by atoms with Crippen molar-refractivity contribution in [2.45, 2.75) is 470 Å². The van der Waals surface area contributed by atoms with Gasteiger partial charge in [0.25, 0.3) is 0 Å². The number of phosphoric acid groups is 2. The highest BCUT2D eigenvalue weighted by Gasteiger charge is 2.30. The third kappa shape index (κ3) is 76.6. The third-order valence-corrected chi connectivity index (χ3v) is 22.0. The molecular formula is C84H164O17P2. The van der Waals surface area contributed by atoms with Crippen molar-refractivity contribution in [3.63, 3.8) is 0 Å². The summed E-state index contributed by atoms with van der Waals surface area (Å²) < 4.78 is 68.7. The van der Waals surface area contributed by atoms with Gasteiger partial charge in [-0.05, 0) is 31.6 Å². The van der Waals surface area contributed by atoms with E-state index in [2.05, 4.69) is 34.6 Å². The van der Waals surface area contributed by atoms with Crippen molar-refractivity contribution < 1.29 is 80.2 Å². The Labute approximate surface area is 632 Å². The summed E-state index contributed by atoms with van der Waals surface area (Å²) in [4.78, 5) is 73.0. The zero-order valence-corrected chi connectivity index (χ0v) is 69.3. The van der Waals surface area contributed by atoms with Crippen LogP contribution >= 0.6 is 15.6 Å². The van der Waals surface area contributed by atoms with Gasteiger partial charge in [0.05, 0.1) is 26.4 Å². The second-order valence-electron chi connectivity index (χ2n) is 30.5. The number of hydrogen-bond acceptors (Lipinski definition) is 15. The number of esters is 4. The van der Waals surface area contributed by atoms with Crippen LogP contribution in [-0.4, -0.2) is 96.7 Å². The van der Waals surface area contributed by atoms with E-state index >= 15 is 0 Å². The molecule has 0 rings (SSSR count). The lowest BCUT2D eigenvalue weighted by Crippen LogP contribution is -2.30. The molecule has 0 aliphatic rings. The molecule has 103 heavy (non-hydrogen) atoms. The SMILES string of the molecule is CCCCCCCCCCCCCCCCCCCCCCCCC(=O)O[C@H](COC(=O)CCCCCCCCCCCCCCCCC(C)CC)COP(=O)(O)OC[C@@H](O)COP(=O)(O)OC[C@@H](COC(=O)CCCCCCCCCC)OC(=O)CCCCCCCCCCCCCCCCC. The minimum atomic E-state index is -4.96. The highest BCUT2D eigenvalue weighted by atomic mass is 31.2. The number of carbonyl (C=O) groups excluding carboxylic acids is 4. The molecule has 612 valence electrons. The number of aliphatic hydroxyl groups excluding tert-OH is 1. The Balaban J connectivity index is 5.18. The van der Waals surface area contributed by atoms with Crippen LogP contribution in [0.3, 0.4) is 0 Å². The summed E-state index contributed by atoms with van der Waals surface area (Å²) in [6, 6.07) is 0. The quantitative estimate of drug-likeness (QED) is 0.0222. The van der Waals surface area contributed by atoms with Crippen molar-refractivity contribution >= 4 is 39.5 Å². The highest BCUT2D eigenvalue weighted by Crippen LogP contribution is 2.45. The summed E-state index contributed by atoms with van der Waals surface area (Å²) in [5.74, 6) is -1.26. The number of ether oxygens (including phenoxy) is 4. The zero-order chi connectivity index (χ0) is 75.5.